The molecule has 0 aromatic heterocycles. The first-order valence-electron chi connectivity index (χ1n) is 3.05. The molecular weight excluding hydrogens is 280 g/mol. The van der Waals surface area contributed by atoms with Crippen molar-refractivity contribution in [1.29, 1.82) is 0 Å². The van der Waals surface area contributed by atoms with Gasteiger partial charge < -0.3 is 0 Å². The van der Waals surface area contributed by atoms with E-state index < -0.39 is 30.1 Å². The Hall–Kier alpha value is 1.63. The van der Waals surface area contributed by atoms with Crippen LogP contribution in [0, 0.1) is 0 Å². The van der Waals surface area contributed by atoms with Crippen LogP contribution in [0.3, 0.4) is 0 Å². The third-order valence-electron chi connectivity index (χ3n) is 0.715. The molecule has 0 bridgehead atoms. The van der Waals surface area contributed by atoms with Crippen molar-refractivity contribution in [2.24, 2.45) is 0 Å². The fourth-order valence-electron chi connectivity index (χ4n) is 0.273. The zero-order valence-electron chi connectivity index (χ0n) is 6.66. The van der Waals surface area contributed by atoms with Crippen LogP contribution in [0.25, 0.3) is 0 Å². The molecule has 11 heavy (non-hydrogen) atoms. The molecule has 0 aliphatic heterocycles. The van der Waals surface area contributed by atoms with Crippen molar-refractivity contribution < 1.29 is 24.7 Å². The van der Waals surface area contributed by atoms with E-state index in [4.69, 9.17) is 41.6 Å². The predicted octanol–water partition coefficient (Wildman–Crippen LogP) is 3.09. The Morgan fingerprint density at radius 2 is 1.64 bits per heavy atom. The molecule has 0 rings (SSSR count). The van der Waals surface area contributed by atoms with Crippen LogP contribution in [-0.2, 0) is 24.7 Å². The monoisotopic (exact) mass is 286 g/mol. The minimum atomic E-state index is -1.58. The Balaban J connectivity index is 3.44. The molecule has 0 heterocycles. The van der Waals surface area contributed by atoms with Crippen LogP contribution in [0.15, 0.2) is 0 Å². The van der Waals surface area contributed by atoms with Crippen LogP contribution >= 0.6 is 34.8 Å². The Labute approximate surface area is 91.0 Å². The molecule has 7 heteroatoms. The maximum absolute atomic E-state index is 5.46. The van der Waals surface area contributed by atoms with Gasteiger partial charge in [-0.2, -0.15) is 0 Å². The second-order valence-corrected chi connectivity index (χ2v) is 12.6. The zero-order chi connectivity index (χ0) is 9.12. The molecule has 0 aromatic rings. The molecule has 0 aromatic carbocycles. The van der Waals surface area contributed by atoms with Crippen LogP contribution in [-0.4, -0.2) is 12.3 Å². The van der Waals surface area contributed by atoms with E-state index >= 15 is 0 Å². The molecule has 0 aliphatic rings. The molecule has 0 atom stereocenters. The summed E-state index contributed by atoms with van der Waals surface area (Å²) in [6.45, 7) is 6.21. The van der Waals surface area contributed by atoms with E-state index in [0.717, 1.165) is 0 Å². The van der Waals surface area contributed by atoms with Crippen molar-refractivity contribution in [2.75, 3.05) is 0 Å². The minimum absolute atomic E-state index is 1.47. The Morgan fingerprint density at radius 3 is 1.91 bits per heavy atom. The first-order valence-corrected chi connectivity index (χ1v) is 10.0. The summed E-state index contributed by atoms with van der Waals surface area (Å²) in [4.78, 5) is 0. The first-order chi connectivity index (χ1) is 4.71. The fourth-order valence-corrected chi connectivity index (χ4v) is 4.26. The van der Waals surface area contributed by atoms with Crippen molar-refractivity contribution in [1.82, 2.24) is 0 Å². The molecule has 0 unspecified atom stereocenters. The number of hydrogen-bond acceptors (Lipinski definition) is 2. The third kappa shape index (κ3) is 11.6. The molecule has 0 spiro atoms. The van der Waals surface area contributed by atoms with Crippen LogP contribution in [0.4, 0.5) is 0 Å². The van der Waals surface area contributed by atoms with Gasteiger partial charge in [0.1, 0.15) is 0 Å². The van der Waals surface area contributed by atoms with Gasteiger partial charge >= 0.3 is 91.4 Å². The molecule has 0 saturated heterocycles. The number of halogens is 3. The summed E-state index contributed by atoms with van der Waals surface area (Å²) in [5, 5.41) is 0. The van der Waals surface area contributed by atoms with Gasteiger partial charge in [-0.25, -0.2) is 0 Å². The average molecular weight is 289 g/mol. The summed E-state index contributed by atoms with van der Waals surface area (Å²) >= 11 is 14.5. The van der Waals surface area contributed by atoms with Gasteiger partial charge in [0.15, 0.2) is 0 Å². The van der Waals surface area contributed by atoms with Gasteiger partial charge in [-0.1, -0.05) is 0 Å². The molecule has 0 radical (unpaired) electrons. The molecule has 0 amide bonds. The summed E-state index contributed by atoms with van der Waals surface area (Å²) in [5.74, 6) is 0. The van der Waals surface area contributed by atoms with Gasteiger partial charge in [0.2, 0.25) is 0 Å². The Bertz CT molecular complexity index is 107. The fraction of sp³-hybridized carbons (Fsp3) is 1.00. The zero-order valence-corrected chi connectivity index (χ0v) is 12.9. The standard InChI is InChI=1S/C3H9OSi.CCl3O.Zn/c1-5(2,3)4;2-1(3,4)5;/h1-3H3;;/q2*-1;+2. The molecular formula is C4H9Cl3O2SiZn. The number of rotatable bonds is 3. The van der Waals surface area contributed by atoms with Crippen molar-refractivity contribution in [3.05, 3.63) is 0 Å². The summed E-state index contributed by atoms with van der Waals surface area (Å²) in [6, 6.07) is 0. The van der Waals surface area contributed by atoms with E-state index in [2.05, 4.69) is 19.6 Å². The van der Waals surface area contributed by atoms with E-state index in [-0.39, 0.29) is 0 Å². The second-order valence-electron chi connectivity index (χ2n) is 2.96. The van der Waals surface area contributed by atoms with E-state index in [1.807, 2.05) is 0 Å². The molecule has 0 aliphatic carbocycles. The average Bonchev–Trinajstić information content (AvgIpc) is 1.55. The Morgan fingerprint density at radius 1 is 1.18 bits per heavy atom. The van der Waals surface area contributed by atoms with Gasteiger partial charge in [-0.05, 0) is 0 Å². The topological polar surface area (TPSA) is 18.5 Å². The van der Waals surface area contributed by atoms with Crippen LogP contribution < -0.4 is 0 Å². The van der Waals surface area contributed by atoms with E-state index in [9.17, 15) is 0 Å². The van der Waals surface area contributed by atoms with Crippen LogP contribution in [0.5, 0.6) is 0 Å². The van der Waals surface area contributed by atoms with Crippen LogP contribution in [0.2, 0.25) is 19.6 Å². The Kier molecular flexibility index (Phi) is 5.46. The number of hydrogen-bond donors (Lipinski definition) is 0. The van der Waals surface area contributed by atoms with Crippen molar-refractivity contribution >= 4 is 43.1 Å². The van der Waals surface area contributed by atoms with Crippen LogP contribution in [0.1, 0.15) is 0 Å². The van der Waals surface area contributed by atoms with Crippen molar-refractivity contribution in [3.63, 3.8) is 0 Å². The SMILES string of the molecule is C[Si](C)(C)[O][Zn][O]C(Cl)(Cl)Cl. The van der Waals surface area contributed by atoms with E-state index in [0.29, 0.717) is 0 Å². The third-order valence-corrected chi connectivity index (χ3v) is 10.5. The summed E-state index contributed by atoms with van der Waals surface area (Å²) in [5.41, 5.74) is 0. The van der Waals surface area contributed by atoms with Crippen molar-refractivity contribution in [3.8, 4) is 0 Å². The molecule has 0 fully saturated rings. The van der Waals surface area contributed by atoms with Gasteiger partial charge in [0, 0.05) is 0 Å². The summed E-state index contributed by atoms with van der Waals surface area (Å²) < 4.78 is 8.77. The van der Waals surface area contributed by atoms with Crippen molar-refractivity contribution in [2.45, 2.75) is 23.6 Å². The quantitative estimate of drug-likeness (QED) is 0.587. The molecule has 2 nitrogen and oxygen atoms in total. The van der Waals surface area contributed by atoms with E-state index in [1.165, 1.54) is 0 Å². The van der Waals surface area contributed by atoms with Gasteiger partial charge in [0.25, 0.3) is 0 Å². The van der Waals surface area contributed by atoms with E-state index in [1.54, 1.807) is 0 Å². The summed E-state index contributed by atoms with van der Waals surface area (Å²) in [7, 11) is -1.47. The molecule has 64 valence electrons. The number of alkyl halides is 3. The summed E-state index contributed by atoms with van der Waals surface area (Å²) in [6.07, 6.45) is 0. The van der Waals surface area contributed by atoms with Gasteiger partial charge in [-0.3, -0.25) is 0 Å². The maximum atomic E-state index is 5.46. The molecule has 0 saturated carbocycles. The predicted molar refractivity (Wildman–Crippen MR) is 45.8 cm³/mol. The second kappa shape index (κ2) is 4.75. The first kappa shape index (κ1) is 12.6. The normalized spacial score (nSPS) is 12.9. The molecule has 0 N–H and O–H groups in total. The van der Waals surface area contributed by atoms with Gasteiger partial charge in [0.05, 0.1) is 0 Å². The van der Waals surface area contributed by atoms with Gasteiger partial charge in [-0.15, -0.1) is 0 Å².